The number of phenolic OH excluding ortho intramolecular Hbond substituents is 1. The second-order valence-electron chi connectivity index (χ2n) is 3.15. The summed E-state index contributed by atoms with van der Waals surface area (Å²) in [7, 11) is 0. The topological polar surface area (TPSA) is 46.5 Å². The van der Waals surface area contributed by atoms with E-state index in [4.69, 9.17) is 4.74 Å². The van der Waals surface area contributed by atoms with E-state index in [1.807, 2.05) is 6.07 Å². The zero-order valence-corrected chi connectivity index (χ0v) is 8.48. The number of rotatable bonds is 5. The van der Waals surface area contributed by atoms with Crippen LogP contribution in [0.4, 0.5) is 0 Å². The number of phenols is 1. The van der Waals surface area contributed by atoms with Crippen LogP contribution < -0.4 is 0 Å². The minimum Gasteiger partial charge on any atom is -0.508 e. The maximum absolute atomic E-state index is 10.7. The maximum Gasteiger partial charge on any atom is 0.330 e. The van der Waals surface area contributed by atoms with Gasteiger partial charge in [-0.15, -0.1) is 0 Å². The number of ether oxygens (including phenoxy) is 1. The smallest absolute Gasteiger partial charge is 0.330 e. The number of esters is 1. The van der Waals surface area contributed by atoms with Crippen molar-refractivity contribution in [3.8, 4) is 5.75 Å². The fourth-order valence-corrected chi connectivity index (χ4v) is 1.22. The highest BCUT2D eigenvalue weighted by Crippen LogP contribution is 2.12. The van der Waals surface area contributed by atoms with Gasteiger partial charge in [-0.1, -0.05) is 18.7 Å². The van der Waals surface area contributed by atoms with Crippen molar-refractivity contribution < 1.29 is 14.6 Å². The number of carbonyl (C=O) groups is 1. The molecule has 0 saturated heterocycles. The van der Waals surface area contributed by atoms with Crippen LogP contribution in [0.3, 0.4) is 0 Å². The van der Waals surface area contributed by atoms with Crippen molar-refractivity contribution >= 4 is 5.97 Å². The molecular formula is C12H14O3. The molecule has 0 bridgehead atoms. The Labute approximate surface area is 89.0 Å². The summed E-state index contributed by atoms with van der Waals surface area (Å²) in [5.74, 6) is -0.138. The largest absolute Gasteiger partial charge is 0.508 e. The third-order valence-electron chi connectivity index (χ3n) is 1.93. The molecule has 3 nitrogen and oxygen atoms in total. The van der Waals surface area contributed by atoms with Gasteiger partial charge in [-0.25, -0.2) is 4.79 Å². The van der Waals surface area contributed by atoms with E-state index in [0.29, 0.717) is 6.61 Å². The van der Waals surface area contributed by atoms with E-state index in [1.54, 1.807) is 18.2 Å². The molecule has 0 radical (unpaired) electrons. The van der Waals surface area contributed by atoms with Crippen molar-refractivity contribution in [2.24, 2.45) is 0 Å². The molecule has 0 saturated carbocycles. The predicted octanol–water partition coefficient (Wildman–Crippen LogP) is 2.05. The average molecular weight is 206 g/mol. The standard InChI is InChI=1S/C12H14O3/c1-2-12(14)15-8-4-6-10-5-3-7-11(13)9-10/h2-3,5,7,9,13H,1,4,6,8H2. The second-order valence-corrected chi connectivity index (χ2v) is 3.15. The summed E-state index contributed by atoms with van der Waals surface area (Å²) >= 11 is 0. The van der Waals surface area contributed by atoms with Gasteiger partial charge in [-0.2, -0.15) is 0 Å². The molecule has 0 atom stereocenters. The van der Waals surface area contributed by atoms with Gasteiger partial charge in [0.1, 0.15) is 5.75 Å². The zero-order chi connectivity index (χ0) is 11.1. The highest BCUT2D eigenvalue weighted by Gasteiger charge is 1.97. The number of hydrogen-bond acceptors (Lipinski definition) is 3. The van der Waals surface area contributed by atoms with Crippen molar-refractivity contribution in [3.63, 3.8) is 0 Å². The first kappa shape index (κ1) is 11.3. The van der Waals surface area contributed by atoms with Gasteiger partial charge in [0, 0.05) is 6.08 Å². The summed E-state index contributed by atoms with van der Waals surface area (Å²) in [5, 5.41) is 9.20. The van der Waals surface area contributed by atoms with Gasteiger partial charge in [0.2, 0.25) is 0 Å². The summed E-state index contributed by atoms with van der Waals surface area (Å²) < 4.78 is 4.82. The third kappa shape index (κ3) is 4.31. The Morgan fingerprint density at radius 1 is 1.53 bits per heavy atom. The normalized spacial score (nSPS) is 9.60. The summed E-state index contributed by atoms with van der Waals surface area (Å²) in [6, 6.07) is 7.05. The van der Waals surface area contributed by atoms with Crippen LogP contribution >= 0.6 is 0 Å². The van der Waals surface area contributed by atoms with Crippen molar-refractivity contribution in [2.75, 3.05) is 6.61 Å². The fraction of sp³-hybridized carbons (Fsp3) is 0.250. The van der Waals surface area contributed by atoms with Crippen molar-refractivity contribution in [2.45, 2.75) is 12.8 Å². The second kappa shape index (κ2) is 5.86. The summed E-state index contributed by atoms with van der Waals surface area (Å²) in [4.78, 5) is 10.7. The van der Waals surface area contributed by atoms with Gasteiger partial charge in [-0.05, 0) is 30.5 Å². The van der Waals surface area contributed by atoms with E-state index in [-0.39, 0.29) is 5.75 Å². The minimum atomic E-state index is -0.397. The van der Waals surface area contributed by atoms with E-state index >= 15 is 0 Å². The number of carbonyl (C=O) groups excluding carboxylic acids is 1. The van der Waals surface area contributed by atoms with Gasteiger partial charge in [-0.3, -0.25) is 0 Å². The fourth-order valence-electron chi connectivity index (χ4n) is 1.22. The van der Waals surface area contributed by atoms with E-state index in [2.05, 4.69) is 6.58 Å². The Hall–Kier alpha value is -1.77. The van der Waals surface area contributed by atoms with Crippen LogP contribution in [-0.4, -0.2) is 17.7 Å². The third-order valence-corrected chi connectivity index (χ3v) is 1.93. The van der Waals surface area contributed by atoms with Crippen LogP contribution in [0.15, 0.2) is 36.9 Å². The first-order valence-electron chi connectivity index (χ1n) is 4.79. The summed E-state index contributed by atoms with van der Waals surface area (Å²) in [6.45, 7) is 3.68. The first-order valence-corrected chi connectivity index (χ1v) is 4.79. The van der Waals surface area contributed by atoms with Crippen molar-refractivity contribution in [1.82, 2.24) is 0 Å². The molecule has 0 heterocycles. The first-order chi connectivity index (χ1) is 7.22. The molecule has 0 unspecified atom stereocenters. The number of hydrogen-bond donors (Lipinski definition) is 1. The predicted molar refractivity (Wildman–Crippen MR) is 57.6 cm³/mol. The molecule has 0 aliphatic heterocycles. The number of aromatic hydroxyl groups is 1. The SMILES string of the molecule is C=CC(=O)OCCCc1cccc(O)c1. The molecule has 0 aromatic heterocycles. The Kier molecular flexibility index (Phi) is 4.41. The summed E-state index contributed by atoms with van der Waals surface area (Å²) in [5.41, 5.74) is 1.03. The van der Waals surface area contributed by atoms with Gasteiger partial charge >= 0.3 is 5.97 Å². The van der Waals surface area contributed by atoms with Gasteiger partial charge in [0.15, 0.2) is 0 Å². The van der Waals surface area contributed by atoms with Crippen LogP contribution in [0.2, 0.25) is 0 Å². The molecule has 0 amide bonds. The van der Waals surface area contributed by atoms with Crippen LogP contribution in [-0.2, 0) is 16.0 Å². The molecule has 3 heteroatoms. The van der Waals surface area contributed by atoms with Crippen molar-refractivity contribution in [3.05, 3.63) is 42.5 Å². The quantitative estimate of drug-likeness (QED) is 0.455. The molecular weight excluding hydrogens is 192 g/mol. The Morgan fingerprint density at radius 3 is 3.00 bits per heavy atom. The minimum absolute atomic E-state index is 0.260. The van der Waals surface area contributed by atoms with Crippen LogP contribution in [0, 0.1) is 0 Å². The zero-order valence-electron chi connectivity index (χ0n) is 8.48. The molecule has 15 heavy (non-hydrogen) atoms. The number of benzene rings is 1. The monoisotopic (exact) mass is 206 g/mol. The maximum atomic E-state index is 10.7. The lowest BCUT2D eigenvalue weighted by Crippen LogP contribution is -2.02. The highest BCUT2D eigenvalue weighted by atomic mass is 16.5. The summed E-state index contributed by atoms with van der Waals surface area (Å²) in [6.07, 6.45) is 2.66. The van der Waals surface area contributed by atoms with E-state index in [9.17, 15) is 9.90 Å². The lowest BCUT2D eigenvalue weighted by Gasteiger charge is -2.02. The van der Waals surface area contributed by atoms with Gasteiger partial charge < -0.3 is 9.84 Å². The Morgan fingerprint density at radius 2 is 2.33 bits per heavy atom. The molecule has 0 aliphatic carbocycles. The molecule has 0 aliphatic rings. The molecule has 1 rings (SSSR count). The highest BCUT2D eigenvalue weighted by molar-refractivity contribution is 5.81. The molecule has 0 spiro atoms. The van der Waals surface area contributed by atoms with Crippen LogP contribution in [0.25, 0.3) is 0 Å². The van der Waals surface area contributed by atoms with E-state index in [1.165, 1.54) is 0 Å². The van der Waals surface area contributed by atoms with E-state index in [0.717, 1.165) is 24.5 Å². The molecule has 1 N–H and O–H groups in total. The molecule has 1 aromatic rings. The van der Waals surface area contributed by atoms with Gasteiger partial charge in [0.25, 0.3) is 0 Å². The average Bonchev–Trinajstić information content (AvgIpc) is 2.24. The Bertz CT molecular complexity index is 344. The molecule has 80 valence electrons. The van der Waals surface area contributed by atoms with Crippen LogP contribution in [0.5, 0.6) is 5.75 Å². The lowest BCUT2D eigenvalue weighted by molar-refractivity contribution is -0.137. The lowest BCUT2D eigenvalue weighted by atomic mass is 10.1. The molecule has 0 fully saturated rings. The number of aryl methyl sites for hydroxylation is 1. The van der Waals surface area contributed by atoms with E-state index < -0.39 is 5.97 Å². The Balaban J connectivity index is 2.26. The van der Waals surface area contributed by atoms with Gasteiger partial charge in [0.05, 0.1) is 6.61 Å². The van der Waals surface area contributed by atoms with Crippen molar-refractivity contribution in [1.29, 1.82) is 0 Å². The van der Waals surface area contributed by atoms with Crippen LogP contribution in [0.1, 0.15) is 12.0 Å². The molecule has 1 aromatic carbocycles.